The van der Waals surface area contributed by atoms with Crippen molar-refractivity contribution in [3.05, 3.63) is 52.3 Å². The average Bonchev–Trinajstić information content (AvgIpc) is 2.63. The highest BCUT2D eigenvalue weighted by molar-refractivity contribution is 5.96. The predicted molar refractivity (Wildman–Crippen MR) is 79.7 cm³/mol. The lowest BCUT2D eigenvalue weighted by molar-refractivity contribution is 0.0938. The molecule has 0 saturated carbocycles. The zero-order chi connectivity index (χ0) is 14.9. The van der Waals surface area contributed by atoms with Crippen molar-refractivity contribution in [2.24, 2.45) is 7.05 Å². The number of nitrogens with one attached hydrogen (secondary N) is 1. The van der Waals surface area contributed by atoms with Crippen LogP contribution in [-0.2, 0) is 7.05 Å². The largest absolute Gasteiger partial charge is 0.345 e. The van der Waals surface area contributed by atoms with Crippen LogP contribution in [0.4, 0.5) is 0 Å². The first-order valence-electron chi connectivity index (χ1n) is 6.77. The lowest BCUT2D eigenvalue weighted by atomic mass is 10.1. The predicted octanol–water partition coefficient (Wildman–Crippen LogP) is 2.84. The molecule has 1 aromatic carbocycles. The van der Waals surface area contributed by atoms with Crippen LogP contribution < -0.4 is 5.32 Å². The molecule has 2 rings (SSSR count). The summed E-state index contributed by atoms with van der Waals surface area (Å²) in [5.41, 5.74) is 4.63. The van der Waals surface area contributed by atoms with Crippen LogP contribution >= 0.6 is 0 Å². The van der Waals surface area contributed by atoms with E-state index >= 15 is 0 Å². The molecule has 1 atom stereocenters. The SMILES string of the molecule is Cc1ccc(C(C)NC(=O)c2c(C)nn(C)c2C)cc1. The van der Waals surface area contributed by atoms with Gasteiger partial charge in [0.15, 0.2) is 0 Å². The van der Waals surface area contributed by atoms with Crippen LogP contribution in [0.5, 0.6) is 0 Å². The summed E-state index contributed by atoms with van der Waals surface area (Å²) in [6.07, 6.45) is 0. The van der Waals surface area contributed by atoms with Crippen LogP contribution in [0.2, 0.25) is 0 Å². The van der Waals surface area contributed by atoms with Crippen molar-refractivity contribution in [1.29, 1.82) is 0 Å². The molecule has 0 radical (unpaired) electrons. The number of aromatic nitrogens is 2. The average molecular weight is 271 g/mol. The molecule has 0 saturated heterocycles. The van der Waals surface area contributed by atoms with Crippen molar-refractivity contribution in [2.75, 3.05) is 0 Å². The minimum Gasteiger partial charge on any atom is -0.345 e. The Kier molecular flexibility index (Phi) is 3.93. The number of amides is 1. The fourth-order valence-corrected chi connectivity index (χ4v) is 2.31. The monoisotopic (exact) mass is 271 g/mol. The van der Waals surface area contributed by atoms with Crippen LogP contribution in [0.1, 0.15) is 45.8 Å². The molecule has 4 nitrogen and oxygen atoms in total. The number of nitrogens with zero attached hydrogens (tertiary/aromatic N) is 2. The van der Waals surface area contributed by atoms with E-state index in [9.17, 15) is 4.79 Å². The summed E-state index contributed by atoms with van der Waals surface area (Å²) < 4.78 is 1.74. The third-order valence-corrected chi connectivity index (χ3v) is 3.66. The fourth-order valence-electron chi connectivity index (χ4n) is 2.31. The Balaban J connectivity index is 2.17. The van der Waals surface area contributed by atoms with Crippen molar-refractivity contribution in [1.82, 2.24) is 15.1 Å². The molecule has 20 heavy (non-hydrogen) atoms. The van der Waals surface area contributed by atoms with E-state index in [1.54, 1.807) is 4.68 Å². The standard InChI is InChI=1S/C16H21N3O/c1-10-6-8-14(9-7-10)11(2)17-16(20)15-12(3)18-19(5)13(15)4/h6-9,11H,1-5H3,(H,17,20). The van der Waals surface area contributed by atoms with E-state index in [1.165, 1.54) is 5.56 Å². The molecule has 1 unspecified atom stereocenters. The van der Waals surface area contributed by atoms with E-state index in [1.807, 2.05) is 40.0 Å². The van der Waals surface area contributed by atoms with Gasteiger partial charge in [0.1, 0.15) is 0 Å². The molecule has 4 heteroatoms. The Hall–Kier alpha value is -2.10. The van der Waals surface area contributed by atoms with Gasteiger partial charge in [-0.05, 0) is 33.3 Å². The fraction of sp³-hybridized carbons (Fsp3) is 0.375. The first kappa shape index (κ1) is 14.3. The maximum absolute atomic E-state index is 12.4. The van der Waals surface area contributed by atoms with E-state index in [0.717, 1.165) is 17.0 Å². The van der Waals surface area contributed by atoms with E-state index in [-0.39, 0.29) is 11.9 Å². The zero-order valence-corrected chi connectivity index (χ0v) is 12.7. The van der Waals surface area contributed by atoms with Gasteiger partial charge < -0.3 is 5.32 Å². The van der Waals surface area contributed by atoms with Gasteiger partial charge in [0.05, 0.1) is 17.3 Å². The Labute approximate surface area is 119 Å². The zero-order valence-electron chi connectivity index (χ0n) is 12.7. The van der Waals surface area contributed by atoms with Gasteiger partial charge in [-0.3, -0.25) is 9.48 Å². The normalized spacial score (nSPS) is 12.2. The van der Waals surface area contributed by atoms with Gasteiger partial charge in [-0.15, -0.1) is 0 Å². The Morgan fingerprint density at radius 1 is 1.20 bits per heavy atom. The molecule has 1 N–H and O–H groups in total. The Morgan fingerprint density at radius 3 is 2.30 bits per heavy atom. The lowest BCUT2D eigenvalue weighted by Gasteiger charge is -2.14. The summed E-state index contributed by atoms with van der Waals surface area (Å²) in [7, 11) is 1.85. The van der Waals surface area contributed by atoms with Crippen molar-refractivity contribution < 1.29 is 4.79 Å². The summed E-state index contributed by atoms with van der Waals surface area (Å²) in [6.45, 7) is 7.81. The minimum absolute atomic E-state index is 0.0258. The summed E-state index contributed by atoms with van der Waals surface area (Å²) >= 11 is 0. The molecule has 0 aliphatic heterocycles. The first-order valence-corrected chi connectivity index (χ1v) is 6.77. The van der Waals surface area contributed by atoms with Crippen LogP contribution in [0, 0.1) is 20.8 Å². The second kappa shape index (κ2) is 5.49. The van der Waals surface area contributed by atoms with Crippen LogP contribution in [0.3, 0.4) is 0 Å². The number of hydrogen-bond acceptors (Lipinski definition) is 2. The van der Waals surface area contributed by atoms with E-state index < -0.39 is 0 Å². The molecule has 0 aliphatic carbocycles. The van der Waals surface area contributed by atoms with Gasteiger partial charge >= 0.3 is 0 Å². The quantitative estimate of drug-likeness (QED) is 0.933. The number of hydrogen-bond donors (Lipinski definition) is 1. The van der Waals surface area contributed by atoms with Gasteiger partial charge in [-0.1, -0.05) is 29.8 Å². The Bertz CT molecular complexity index is 626. The van der Waals surface area contributed by atoms with E-state index in [2.05, 4.69) is 29.5 Å². The van der Waals surface area contributed by atoms with Crippen LogP contribution in [0.25, 0.3) is 0 Å². The molecule has 1 aromatic heterocycles. The highest BCUT2D eigenvalue weighted by Crippen LogP contribution is 2.16. The Morgan fingerprint density at radius 2 is 1.80 bits per heavy atom. The topological polar surface area (TPSA) is 46.9 Å². The van der Waals surface area contributed by atoms with Crippen LogP contribution in [0.15, 0.2) is 24.3 Å². The summed E-state index contributed by atoms with van der Waals surface area (Å²) in [4.78, 5) is 12.4. The van der Waals surface area contributed by atoms with Crippen molar-refractivity contribution >= 4 is 5.91 Å². The highest BCUT2D eigenvalue weighted by Gasteiger charge is 2.19. The summed E-state index contributed by atoms with van der Waals surface area (Å²) in [6, 6.07) is 8.17. The molecule has 0 spiro atoms. The smallest absolute Gasteiger partial charge is 0.255 e. The first-order chi connectivity index (χ1) is 9.40. The molecular weight excluding hydrogens is 250 g/mol. The van der Waals surface area contributed by atoms with Crippen molar-refractivity contribution in [2.45, 2.75) is 33.7 Å². The van der Waals surface area contributed by atoms with Crippen molar-refractivity contribution in [3.63, 3.8) is 0 Å². The second-order valence-electron chi connectivity index (χ2n) is 5.28. The highest BCUT2D eigenvalue weighted by atomic mass is 16.1. The molecule has 106 valence electrons. The summed E-state index contributed by atoms with van der Waals surface area (Å²) in [5.74, 6) is -0.0684. The third-order valence-electron chi connectivity index (χ3n) is 3.66. The number of carbonyl (C=O) groups is 1. The number of rotatable bonds is 3. The third kappa shape index (κ3) is 2.74. The number of carbonyl (C=O) groups excluding carboxylic acids is 1. The summed E-state index contributed by atoms with van der Waals surface area (Å²) in [5, 5.41) is 7.31. The van der Waals surface area contributed by atoms with Gasteiger partial charge in [-0.2, -0.15) is 5.10 Å². The van der Waals surface area contributed by atoms with Crippen LogP contribution in [-0.4, -0.2) is 15.7 Å². The van der Waals surface area contributed by atoms with E-state index in [0.29, 0.717) is 5.56 Å². The molecule has 0 fully saturated rings. The molecule has 0 aliphatic rings. The van der Waals surface area contributed by atoms with Crippen molar-refractivity contribution in [3.8, 4) is 0 Å². The second-order valence-corrected chi connectivity index (χ2v) is 5.28. The minimum atomic E-state index is -0.0684. The maximum Gasteiger partial charge on any atom is 0.255 e. The molecular formula is C16H21N3O. The molecule has 2 aromatic rings. The van der Waals surface area contributed by atoms with Gasteiger partial charge in [0.2, 0.25) is 0 Å². The van der Waals surface area contributed by atoms with Gasteiger partial charge in [-0.25, -0.2) is 0 Å². The van der Waals surface area contributed by atoms with E-state index in [4.69, 9.17) is 0 Å². The molecule has 0 bridgehead atoms. The number of aryl methyl sites for hydroxylation is 3. The molecule has 1 amide bonds. The van der Waals surface area contributed by atoms with Gasteiger partial charge in [0.25, 0.3) is 5.91 Å². The lowest BCUT2D eigenvalue weighted by Crippen LogP contribution is -2.27. The number of benzene rings is 1. The maximum atomic E-state index is 12.4. The van der Waals surface area contributed by atoms with Gasteiger partial charge in [0, 0.05) is 12.7 Å². The molecule has 1 heterocycles.